The van der Waals surface area contributed by atoms with Crippen LogP contribution in [0.3, 0.4) is 0 Å². The van der Waals surface area contributed by atoms with Crippen molar-refractivity contribution < 1.29 is 12.8 Å². The highest BCUT2D eigenvalue weighted by Crippen LogP contribution is 2.35. The number of nitrogens with zero attached hydrogens (tertiary/aromatic N) is 2. The van der Waals surface area contributed by atoms with E-state index in [0.29, 0.717) is 6.04 Å². The van der Waals surface area contributed by atoms with Gasteiger partial charge in [0.1, 0.15) is 10.7 Å². The van der Waals surface area contributed by atoms with Crippen LogP contribution in [0.15, 0.2) is 52.3 Å². The number of rotatable bonds is 4. The van der Waals surface area contributed by atoms with Crippen molar-refractivity contribution in [2.24, 2.45) is 0 Å². The van der Waals surface area contributed by atoms with Gasteiger partial charge in [-0.1, -0.05) is 19.1 Å². The molecule has 28 heavy (non-hydrogen) atoms. The third kappa shape index (κ3) is 3.78. The van der Waals surface area contributed by atoms with Crippen LogP contribution < -0.4 is 4.90 Å². The normalized spacial score (nSPS) is 18.0. The molecule has 2 heterocycles. The fourth-order valence-electron chi connectivity index (χ4n) is 4.29. The van der Waals surface area contributed by atoms with E-state index in [4.69, 9.17) is 0 Å². The Hall–Kier alpha value is -1.63. The van der Waals surface area contributed by atoms with Gasteiger partial charge in [-0.3, -0.25) is 0 Å². The average Bonchev–Trinajstić information content (AvgIpc) is 3.11. The molecule has 0 unspecified atom stereocenters. The lowest BCUT2D eigenvalue weighted by Gasteiger charge is -2.37. The smallest absolute Gasteiger partial charge is 0.209 e. The van der Waals surface area contributed by atoms with E-state index >= 15 is 0 Å². The Morgan fingerprint density at radius 3 is 2.46 bits per heavy atom. The molecular formula is C21H26ClFN2O2S. The van der Waals surface area contributed by atoms with E-state index in [-0.39, 0.29) is 22.2 Å². The van der Waals surface area contributed by atoms with Crippen LogP contribution in [0.4, 0.5) is 10.1 Å². The van der Waals surface area contributed by atoms with Gasteiger partial charge in [0.15, 0.2) is 0 Å². The number of fused-ring (bicyclic) bond motifs is 1. The predicted molar refractivity (Wildman–Crippen MR) is 112 cm³/mol. The molecule has 1 saturated heterocycles. The lowest BCUT2D eigenvalue weighted by molar-refractivity contribution is 0.219. The Morgan fingerprint density at radius 2 is 1.79 bits per heavy atom. The van der Waals surface area contributed by atoms with E-state index in [9.17, 15) is 12.8 Å². The van der Waals surface area contributed by atoms with Crippen LogP contribution in [0.5, 0.6) is 0 Å². The Kier molecular flexibility index (Phi) is 6.32. The largest absolute Gasteiger partial charge is 0.368 e. The summed E-state index contributed by atoms with van der Waals surface area (Å²) < 4.78 is 39.7. The topological polar surface area (TPSA) is 40.6 Å². The van der Waals surface area contributed by atoms with Gasteiger partial charge >= 0.3 is 0 Å². The van der Waals surface area contributed by atoms with Crippen molar-refractivity contribution in [3.63, 3.8) is 0 Å². The van der Waals surface area contributed by atoms with Crippen LogP contribution in [-0.2, 0) is 16.3 Å². The molecule has 0 aliphatic carbocycles. The zero-order valence-corrected chi connectivity index (χ0v) is 17.6. The number of sulfone groups is 1. The van der Waals surface area contributed by atoms with Gasteiger partial charge in [0, 0.05) is 31.4 Å². The lowest BCUT2D eigenvalue weighted by atomic mass is 10.0. The molecule has 0 N–H and O–H groups in total. The Bertz CT molecular complexity index is 943. The van der Waals surface area contributed by atoms with E-state index in [2.05, 4.69) is 16.7 Å². The number of piperidine rings is 1. The lowest BCUT2D eigenvalue weighted by Crippen LogP contribution is -2.44. The van der Waals surface area contributed by atoms with Crippen LogP contribution in [0.25, 0.3) is 0 Å². The number of hydrogen-bond acceptors (Lipinski definition) is 4. The van der Waals surface area contributed by atoms with Crippen LogP contribution in [-0.4, -0.2) is 45.5 Å². The minimum absolute atomic E-state index is 0. The molecule has 0 atom stereocenters. The quantitative estimate of drug-likeness (QED) is 0.745. The first kappa shape index (κ1) is 21.1. The third-order valence-electron chi connectivity index (χ3n) is 5.86. The summed E-state index contributed by atoms with van der Waals surface area (Å²) in [7, 11) is -3.84. The first-order chi connectivity index (χ1) is 13.0. The molecule has 0 radical (unpaired) electrons. The van der Waals surface area contributed by atoms with E-state index in [1.54, 1.807) is 18.2 Å². The highest BCUT2D eigenvalue weighted by molar-refractivity contribution is 7.91. The molecule has 152 valence electrons. The van der Waals surface area contributed by atoms with Gasteiger partial charge in [-0.15, -0.1) is 12.4 Å². The van der Waals surface area contributed by atoms with Crippen LogP contribution in [0.1, 0.15) is 25.3 Å². The number of benzene rings is 2. The van der Waals surface area contributed by atoms with Crippen LogP contribution >= 0.6 is 12.4 Å². The van der Waals surface area contributed by atoms with Crippen molar-refractivity contribution in [3.8, 4) is 0 Å². The third-order valence-corrected chi connectivity index (χ3v) is 7.65. The molecule has 0 aromatic heterocycles. The van der Waals surface area contributed by atoms with Gasteiger partial charge in [0.05, 0.1) is 4.90 Å². The summed E-state index contributed by atoms with van der Waals surface area (Å²) in [6.45, 7) is 6.46. The maximum absolute atomic E-state index is 14.0. The molecule has 2 aromatic carbocycles. The number of hydrogen-bond donors (Lipinski definition) is 0. The maximum atomic E-state index is 14.0. The highest BCUT2D eigenvalue weighted by atomic mass is 35.5. The average molecular weight is 425 g/mol. The second kappa shape index (κ2) is 8.39. The summed E-state index contributed by atoms with van der Waals surface area (Å²) in [6, 6.07) is 11.3. The zero-order chi connectivity index (χ0) is 19.0. The van der Waals surface area contributed by atoms with Gasteiger partial charge in [0.2, 0.25) is 9.84 Å². The molecular weight excluding hydrogens is 399 g/mol. The number of likely N-dealkylation sites (tertiary alicyclic amines) is 1. The number of halogens is 2. The summed E-state index contributed by atoms with van der Waals surface area (Å²) >= 11 is 0. The Balaban J connectivity index is 0.00000225. The molecule has 2 aliphatic rings. The second-order valence-electron chi connectivity index (χ2n) is 7.33. The van der Waals surface area contributed by atoms with E-state index in [1.165, 1.54) is 18.2 Å². The van der Waals surface area contributed by atoms with Crippen LogP contribution in [0, 0.1) is 5.82 Å². The number of anilines is 1. The molecule has 0 saturated carbocycles. The SMILES string of the molecule is CCN1CCC(N2CCc3cc(S(=O)(=O)c4ccccc4F)ccc32)CC1.Cl. The highest BCUT2D eigenvalue weighted by Gasteiger charge is 2.30. The summed E-state index contributed by atoms with van der Waals surface area (Å²) in [5.41, 5.74) is 2.18. The molecule has 0 spiro atoms. The van der Waals surface area contributed by atoms with Gasteiger partial charge in [-0.2, -0.15) is 0 Å². The Morgan fingerprint density at radius 1 is 1.07 bits per heavy atom. The molecule has 2 aromatic rings. The maximum Gasteiger partial charge on any atom is 0.209 e. The second-order valence-corrected chi connectivity index (χ2v) is 9.25. The van der Waals surface area contributed by atoms with Crippen molar-refractivity contribution in [2.75, 3.05) is 31.1 Å². The van der Waals surface area contributed by atoms with E-state index in [1.807, 2.05) is 6.07 Å². The fraction of sp³-hybridized carbons (Fsp3) is 0.429. The van der Waals surface area contributed by atoms with Gasteiger partial charge < -0.3 is 9.80 Å². The molecule has 4 rings (SSSR count). The minimum atomic E-state index is -3.84. The summed E-state index contributed by atoms with van der Waals surface area (Å²) in [5.74, 6) is -0.706. The molecule has 0 bridgehead atoms. The van der Waals surface area contributed by atoms with E-state index < -0.39 is 15.7 Å². The molecule has 1 fully saturated rings. The zero-order valence-electron chi connectivity index (χ0n) is 16.0. The summed E-state index contributed by atoms with van der Waals surface area (Å²) in [5, 5.41) is 0. The first-order valence-electron chi connectivity index (χ1n) is 9.62. The van der Waals surface area contributed by atoms with Crippen molar-refractivity contribution in [1.29, 1.82) is 0 Å². The van der Waals surface area contributed by atoms with Gasteiger partial charge in [-0.05, 0) is 61.7 Å². The molecule has 7 heteroatoms. The Labute approximate surface area is 172 Å². The van der Waals surface area contributed by atoms with Crippen molar-refractivity contribution in [3.05, 3.63) is 53.8 Å². The standard InChI is InChI=1S/C21H25FN2O2S.ClH/c1-2-23-12-10-17(11-13-23)24-14-9-16-15-18(7-8-20(16)24)27(25,26)21-6-4-3-5-19(21)22;/h3-8,15,17H,2,9-14H2,1H3;1H. The fourth-order valence-corrected chi connectivity index (χ4v) is 5.67. The van der Waals surface area contributed by atoms with Crippen LogP contribution in [0.2, 0.25) is 0 Å². The monoisotopic (exact) mass is 424 g/mol. The predicted octanol–water partition coefficient (Wildman–Crippen LogP) is 3.93. The minimum Gasteiger partial charge on any atom is -0.368 e. The van der Waals surface area contributed by atoms with E-state index in [0.717, 1.165) is 56.7 Å². The first-order valence-corrected chi connectivity index (χ1v) is 11.1. The van der Waals surface area contributed by atoms with Gasteiger partial charge in [-0.25, -0.2) is 12.8 Å². The molecule has 4 nitrogen and oxygen atoms in total. The summed E-state index contributed by atoms with van der Waals surface area (Å²) in [4.78, 5) is 4.82. The van der Waals surface area contributed by atoms with Gasteiger partial charge in [0.25, 0.3) is 0 Å². The van der Waals surface area contributed by atoms with Crippen molar-refractivity contribution >= 4 is 27.9 Å². The van der Waals surface area contributed by atoms with Crippen molar-refractivity contribution in [2.45, 2.75) is 42.0 Å². The summed E-state index contributed by atoms with van der Waals surface area (Å²) in [6.07, 6.45) is 3.12. The van der Waals surface area contributed by atoms with Crippen molar-refractivity contribution in [1.82, 2.24) is 4.90 Å². The molecule has 0 amide bonds. The molecule has 2 aliphatic heterocycles.